The quantitative estimate of drug-likeness (QED) is 0.169. The molecule has 4 heterocycles. The Hall–Kier alpha value is -5.45. The van der Waals surface area contributed by atoms with Crippen molar-refractivity contribution in [3.05, 3.63) is 120 Å². The molecule has 8 nitrogen and oxygen atoms in total. The zero-order valence-electron chi connectivity index (χ0n) is 25.7. The molecule has 6 rings (SSSR count). The number of carbonyl (C=O) groups is 1. The summed E-state index contributed by atoms with van der Waals surface area (Å²) in [7, 11) is 0. The molecule has 1 saturated heterocycles. The van der Waals surface area contributed by atoms with Gasteiger partial charge in [0.25, 0.3) is 0 Å². The number of alkyl halides is 3. The van der Waals surface area contributed by atoms with Crippen LogP contribution >= 0.6 is 0 Å². The Labute approximate surface area is 270 Å². The van der Waals surface area contributed by atoms with Gasteiger partial charge >= 0.3 is 6.18 Å². The summed E-state index contributed by atoms with van der Waals surface area (Å²) in [5, 5.41) is 6.35. The van der Waals surface area contributed by atoms with E-state index in [2.05, 4.69) is 25.6 Å². The highest BCUT2D eigenvalue weighted by Crippen LogP contribution is 2.31. The number of hydrogen-bond donors (Lipinski definition) is 2. The monoisotopic (exact) mass is 638 g/mol. The number of ether oxygens (including phenoxy) is 1. The van der Waals surface area contributed by atoms with Crippen LogP contribution in [0.15, 0.2) is 103 Å². The predicted octanol–water partition coefficient (Wildman–Crippen LogP) is 8.05. The Morgan fingerprint density at radius 3 is 2.32 bits per heavy atom. The van der Waals surface area contributed by atoms with E-state index in [1.54, 1.807) is 12.3 Å². The summed E-state index contributed by atoms with van der Waals surface area (Å²) in [5.41, 5.74) is 2.42. The SMILES string of the molecule is Cc1cc(Nc2cc(C(F)(F)F)ccn2)nc(-c2ccc(NC3CCN(C(=O)Cc4ccc(Oc5ccccc5)cc4)CC3)nc2)c1. The first-order chi connectivity index (χ1) is 22.7. The Bertz CT molecular complexity index is 1810. The summed E-state index contributed by atoms with van der Waals surface area (Å²) in [4.78, 5) is 28.0. The number of nitrogens with zero attached hydrogens (tertiary/aromatic N) is 4. The van der Waals surface area contributed by atoms with E-state index in [-0.39, 0.29) is 17.8 Å². The van der Waals surface area contributed by atoms with Crippen molar-refractivity contribution >= 4 is 23.4 Å². The molecule has 1 amide bonds. The molecule has 3 aromatic heterocycles. The number of rotatable bonds is 9. The number of aromatic nitrogens is 3. The number of para-hydroxylation sites is 1. The predicted molar refractivity (Wildman–Crippen MR) is 175 cm³/mol. The lowest BCUT2D eigenvalue weighted by molar-refractivity contribution is -0.137. The lowest BCUT2D eigenvalue weighted by Crippen LogP contribution is -2.43. The third-order valence-electron chi connectivity index (χ3n) is 7.83. The lowest BCUT2D eigenvalue weighted by atomic mass is 10.0. The fraction of sp³-hybridized carbons (Fsp3) is 0.222. The fourth-order valence-corrected chi connectivity index (χ4v) is 5.39. The van der Waals surface area contributed by atoms with E-state index in [0.29, 0.717) is 31.0 Å². The van der Waals surface area contributed by atoms with Crippen molar-refractivity contribution in [3.63, 3.8) is 0 Å². The molecule has 47 heavy (non-hydrogen) atoms. The average molecular weight is 639 g/mol. The Morgan fingerprint density at radius 2 is 1.62 bits per heavy atom. The summed E-state index contributed by atoms with van der Waals surface area (Å²) in [6.45, 7) is 3.20. The molecule has 240 valence electrons. The number of halogens is 3. The number of nitrogens with one attached hydrogen (secondary N) is 2. The molecular formula is C36H33F3N6O2. The van der Waals surface area contributed by atoms with Crippen LogP contribution in [-0.4, -0.2) is 44.9 Å². The second kappa shape index (κ2) is 13.9. The largest absolute Gasteiger partial charge is 0.457 e. The van der Waals surface area contributed by atoms with E-state index in [1.807, 2.05) is 84.6 Å². The van der Waals surface area contributed by atoms with E-state index in [9.17, 15) is 18.0 Å². The Morgan fingerprint density at radius 1 is 0.872 bits per heavy atom. The van der Waals surface area contributed by atoms with Crippen molar-refractivity contribution in [3.8, 4) is 22.8 Å². The first-order valence-corrected chi connectivity index (χ1v) is 15.3. The molecule has 11 heteroatoms. The van der Waals surface area contributed by atoms with Crippen molar-refractivity contribution in [1.82, 2.24) is 19.9 Å². The first kappa shape index (κ1) is 31.5. The van der Waals surface area contributed by atoms with Gasteiger partial charge in [-0.3, -0.25) is 4.79 Å². The molecule has 1 aliphatic heterocycles. The number of pyridine rings is 3. The van der Waals surface area contributed by atoms with Gasteiger partial charge in [-0.1, -0.05) is 30.3 Å². The van der Waals surface area contributed by atoms with Crippen molar-refractivity contribution in [2.45, 2.75) is 38.4 Å². The van der Waals surface area contributed by atoms with Crippen LogP contribution in [0.1, 0.15) is 29.5 Å². The maximum Gasteiger partial charge on any atom is 0.416 e. The second-order valence-corrected chi connectivity index (χ2v) is 11.4. The number of aryl methyl sites for hydroxylation is 1. The van der Waals surface area contributed by atoms with Gasteiger partial charge in [-0.05, 0) is 91.6 Å². The molecule has 2 aromatic carbocycles. The summed E-state index contributed by atoms with van der Waals surface area (Å²) < 4.78 is 45.2. The Balaban J connectivity index is 0.998. The highest BCUT2D eigenvalue weighted by molar-refractivity contribution is 5.79. The van der Waals surface area contributed by atoms with Gasteiger partial charge in [-0.25, -0.2) is 15.0 Å². The van der Waals surface area contributed by atoms with Gasteiger partial charge in [0.2, 0.25) is 5.91 Å². The van der Waals surface area contributed by atoms with E-state index < -0.39 is 11.7 Å². The highest BCUT2D eigenvalue weighted by atomic mass is 19.4. The zero-order valence-corrected chi connectivity index (χ0v) is 25.7. The van der Waals surface area contributed by atoms with Crippen molar-refractivity contribution in [2.24, 2.45) is 0 Å². The molecule has 0 saturated carbocycles. The summed E-state index contributed by atoms with van der Waals surface area (Å²) in [5.74, 6) is 2.75. The van der Waals surface area contributed by atoms with Gasteiger partial charge in [0.05, 0.1) is 17.7 Å². The van der Waals surface area contributed by atoms with Crippen LogP contribution in [0.3, 0.4) is 0 Å². The third-order valence-corrected chi connectivity index (χ3v) is 7.83. The highest BCUT2D eigenvalue weighted by Gasteiger charge is 2.30. The lowest BCUT2D eigenvalue weighted by Gasteiger charge is -2.32. The molecule has 0 spiro atoms. The van der Waals surface area contributed by atoms with Crippen molar-refractivity contribution in [1.29, 1.82) is 0 Å². The number of benzene rings is 2. The molecule has 1 fully saturated rings. The van der Waals surface area contributed by atoms with Gasteiger partial charge in [-0.2, -0.15) is 13.2 Å². The average Bonchev–Trinajstić information content (AvgIpc) is 3.06. The molecule has 0 atom stereocenters. The number of piperidine rings is 1. The van der Waals surface area contributed by atoms with Crippen LogP contribution in [0, 0.1) is 6.92 Å². The molecular weight excluding hydrogens is 605 g/mol. The molecule has 0 aliphatic carbocycles. The Kier molecular flexibility index (Phi) is 9.32. The van der Waals surface area contributed by atoms with E-state index in [0.717, 1.165) is 65.2 Å². The van der Waals surface area contributed by atoms with E-state index >= 15 is 0 Å². The first-order valence-electron chi connectivity index (χ1n) is 15.3. The van der Waals surface area contributed by atoms with Gasteiger partial charge < -0.3 is 20.3 Å². The topological polar surface area (TPSA) is 92.3 Å². The van der Waals surface area contributed by atoms with Crippen LogP contribution in [0.2, 0.25) is 0 Å². The van der Waals surface area contributed by atoms with Gasteiger partial charge in [-0.15, -0.1) is 0 Å². The van der Waals surface area contributed by atoms with Crippen LogP contribution in [0.4, 0.5) is 30.6 Å². The standard InChI is InChI=1S/C36H33F3N6O2/c1-24-19-31(43-34(20-24)44-33-22-27(13-16-40-33)36(37,38)39)26-9-12-32(41-23-26)42-28-14-17-45(18-15-28)35(46)21-25-7-10-30(11-8-25)47-29-5-3-2-4-6-29/h2-13,16,19-20,22-23,28H,14-15,17-18,21H2,1H3,(H,41,42)(H,40,43,44). The number of hydrogen-bond acceptors (Lipinski definition) is 7. The van der Waals surface area contributed by atoms with Gasteiger partial charge in [0, 0.05) is 37.1 Å². The maximum atomic E-state index is 13.1. The summed E-state index contributed by atoms with van der Waals surface area (Å²) in [6.07, 6.45) is 0.308. The smallest absolute Gasteiger partial charge is 0.416 e. The van der Waals surface area contributed by atoms with Gasteiger partial charge in [0.15, 0.2) is 0 Å². The number of amides is 1. The summed E-state index contributed by atoms with van der Waals surface area (Å²) in [6, 6.07) is 26.6. The second-order valence-electron chi connectivity index (χ2n) is 11.4. The van der Waals surface area contributed by atoms with E-state index in [4.69, 9.17) is 4.74 Å². The van der Waals surface area contributed by atoms with Crippen LogP contribution in [0.25, 0.3) is 11.3 Å². The minimum atomic E-state index is -4.46. The van der Waals surface area contributed by atoms with Crippen LogP contribution in [-0.2, 0) is 17.4 Å². The minimum Gasteiger partial charge on any atom is -0.457 e. The molecule has 1 aliphatic rings. The normalized spacial score (nSPS) is 13.7. The van der Waals surface area contributed by atoms with Crippen molar-refractivity contribution < 1.29 is 22.7 Å². The van der Waals surface area contributed by atoms with E-state index in [1.165, 1.54) is 0 Å². The number of anilines is 3. The number of carbonyl (C=O) groups excluding carboxylic acids is 1. The molecule has 2 N–H and O–H groups in total. The molecule has 5 aromatic rings. The maximum absolute atomic E-state index is 13.1. The number of likely N-dealkylation sites (tertiary alicyclic amines) is 1. The zero-order chi connectivity index (χ0) is 32.8. The third kappa shape index (κ3) is 8.43. The van der Waals surface area contributed by atoms with Gasteiger partial charge in [0.1, 0.15) is 29.0 Å². The van der Waals surface area contributed by atoms with Crippen molar-refractivity contribution in [2.75, 3.05) is 23.7 Å². The minimum absolute atomic E-state index is 0.0533. The summed E-state index contributed by atoms with van der Waals surface area (Å²) >= 11 is 0. The van der Waals surface area contributed by atoms with Crippen LogP contribution in [0.5, 0.6) is 11.5 Å². The van der Waals surface area contributed by atoms with Crippen LogP contribution < -0.4 is 15.4 Å². The fourth-order valence-electron chi connectivity index (χ4n) is 5.39. The molecule has 0 radical (unpaired) electrons. The molecule has 0 bridgehead atoms. The molecule has 0 unspecified atom stereocenters.